The van der Waals surface area contributed by atoms with Gasteiger partial charge in [-0.1, -0.05) is 27.5 Å². The van der Waals surface area contributed by atoms with Crippen LogP contribution in [0.1, 0.15) is 10.4 Å². The van der Waals surface area contributed by atoms with E-state index in [-0.39, 0.29) is 11.1 Å². The number of aromatic nitrogens is 1. The summed E-state index contributed by atoms with van der Waals surface area (Å²) in [4.78, 5) is 16.2. The van der Waals surface area contributed by atoms with E-state index in [1.165, 1.54) is 6.20 Å². The Kier molecular flexibility index (Phi) is 5.64. The number of carbonyl (C=O) groups is 1. The molecule has 0 saturated carbocycles. The molecule has 1 aromatic carbocycles. The first-order valence-electron chi connectivity index (χ1n) is 5.15. The van der Waals surface area contributed by atoms with Gasteiger partial charge in [0.2, 0.25) is 0 Å². The van der Waals surface area contributed by atoms with E-state index in [1.54, 1.807) is 6.07 Å². The normalized spacial score (nSPS) is 10.4. The van der Waals surface area contributed by atoms with E-state index in [0.717, 1.165) is 13.4 Å². The predicted molar refractivity (Wildman–Crippen MR) is 94.4 cm³/mol. The van der Waals surface area contributed by atoms with Gasteiger partial charge in [0.15, 0.2) is 0 Å². The molecule has 0 spiro atoms. The molecule has 2 aromatic rings. The van der Waals surface area contributed by atoms with Gasteiger partial charge in [-0.15, -0.1) is 0 Å². The van der Waals surface area contributed by atoms with Crippen molar-refractivity contribution in [2.24, 2.45) is 0 Å². The molecule has 2 rings (SSSR count). The second kappa shape index (κ2) is 6.87. The van der Waals surface area contributed by atoms with Crippen LogP contribution in [0, 0.1) is 0 Å². The molecule has 1 aromatic heterocycles. The second-order valence-electron chi connectivity index (χ2n) is 3.69. The Hall–Kier alpha value is 0.0500. The van der Waals surface area contributed by atoms with E-state index in [1.807, 2.05) is 12.1 Å². The third-order valence-electron chi connectivity index (χ3n) is 2.30. The Balaban J connectivity index is 2.35. The standard InChI is InChI=1S/C12H5Br4ClN2O/c13-5-2-8(15)10(9(16)3-5)19-12(20)7-1-6(14)4-18-11(7)17/h1-4H,(H,19,20). The summed E-state index contributed by atoms with van der Waals surface area (Å²) in [6.07, 6.45) is 1.53. The molecule has 0 aliphatic heterocycles. The minimum atomic E-state index is -0.340. The third-order valence-corrected chi connectivity index (χ3v) is 4.74. The Morgan fingerprint density at radius 2 is 1.65 bits per heavy atom. The number of nitrogens with zero attached hydrogens (tertiary/aromatic N) is 1. The fraction of sp³-hybridized carbons (Fsp3) is 0. The van der Waals surface area contributed by atoms with Crippen molar-refractivity contribution < 1.29 is 4.79 Å². The van der Waals surface area contributed by atoms with Gasteiger partial charge in [-0.3, -0.25) is 4.79 Å². The SMILES string of the molecule is O=C(Nc1c(Br)cc(Br)cc1Br)c1cc(Br)cnc1Cl. The molecule has 0 unspecified atom stereocenters. The van der Waals surface area contributed by atoms with Gasteiger partial charge in [-0.2, -0.15) is 0 Å². The number of hydrogen-bond acceptors (Lipinski definition) is 2. The van der Waals surface area contributed by atoms with Crippen molar-refractivity contribution in [3.05, 3.63) is 53.0 Å². The van der Waals surface area contributed by atoms with Crippen LogP contribution in [0.5, 0.6) is 0 Å². The summed E-state index contributed by atoms with van der Waals surface area (Å²) < 4.78 is 3.05. The minimum absolute atomic E-state index is 0.148. The molecule has 1 N–H and O–H groups in total. The van der Waals surface area contributed by atoms with Crippen LogP contribution in [-0.2, 0) is 0 Å². The summed E-state index contributed by atoms with van der Waals surface area (Å²) in [5, 5.41) is 2.94. The lowest BCUT2D eigenvalue weighted by molar-refractivity contribution is 0.102. The highest BCUT2D eigenvalue weighted by atomic mass is 79.9. The molecule has 3 nitrogen and oxygen atoms in total. The van der Waals surface area contributed by atoms with Gasteiger partial charge in [0.05, 0.1) is 11.3 Å². The summed E-state index contributed by atoms with van der Waals surface area (Å²) in [7, 11) is 0. The molecule has 1 heterocycles. The van der Waals surface area contributed by atoms with E-state index in [0.29, 0.717) is 15.7 Å². The van der Waals surface area contributed by atoms with Crippen LogP contribution in [0.25, 0.3) is 0 Å². The largest absolute Gasteiger partial charge is 0.320 e. The average Bonchev–Trinajstić information content (AvgIpc) is 2.36. The summed E-state index contributed by atoms with van der Waals surface area (Å²) in [5.41, 5.74) is 0.914. The second-order valence-corrected chi connectivity index (χ2v) is 7.59. The Morgan fingerprint density at radius 3 is 2.25 bits per heavy atom. The molecule has 0 bridgehead atoms. The number of nitrogens with one attached hydrogen (secondary N) is 1. The molecule has 0 atom stereocenters. The zero-order chi connectivity index (χ0) is 14.9. The number of benzene rings is 1. The quantitative estimate of drug-likeness (QED) is 0.466. The Bertz CT molecular complexity index is 670. The third kappa shape index (κ3) is 3.82. The van der Waals surface area contributed by atoms with Crippen molar-refractivity contribution in [1.29, 1.82) is 0 Å². The lowest BCUT2D eigenvalue weighted by Gasteiger charge is -2.11. The van der Waals surface area contributed by atoms with Crippen LogP contribution in [-0.4, -0.2) is 10.9 Å². The van der Waals surface area contributed by atoms with Gasteiger partial charge in [0, 0.05) is 24.1 Å². The maximum absolute atomic E-state index is 12.3. The molecule has 0 aliphatic carbocycles. The highest BCUT2D eigenvalue weighted by molar-refractivity contribution is 9.11. The topological polar surface area (TPSA) is 42.0 Å². The Labute approximate surface area is 154 Å². The number of halogens is 5. The lowest BCUT2D eigenvalue weighted by atomic mass is 10.2. The molecular weight excluding hydrogens is 543 g/mol. The van der Waals surface area contributed by atoms with E-state index in [9.17, 15) is 4.79 Å². The van der Waals surface area contributed by atoms with Gasteiger partial charge in [-0.25, -0.2) is 4.98 Å². The first kappa shape index (κ1) is 16.4. The van der Waals surface area contributed by atoms with Gasteiger partial charge < -0.3 is 5.32 Å². The first-order valence-corrected chi connectivity index (χ1v) is 8.70. The van der Waals surface area contributed by atoms with Crippen molar-refractivity contribution in [1.82, 2.24) is 4.98 Å². The summed E-state index contributed by atoms with van der Waals surface area (Å²) in [6, 6.07) is 5.29. The lowest BCUT2D eigenvalue weighted by Crippen LogP contribution is -2.14. The number of carbonyl (C=O) groups excluding carboxylic acids is 1. The maximum atomic E-state index is 12.3. The molecule has 0 aliphatic rings. The highest BCUT2D eigenvalue weighted by Crippen LogP contribution is 2.35. The van der Waals surface area contributed by atoms with E-state index in [2.05, 4.69) is 74.0 Å². The summed E-state index contributed by atoms with van der Waals surface area (Å²) in [5.74, 6) is -0.340. The van der Waals surface area contributed by atoms with Crippen LogP contribution >= 0.6 is 75.3 Å². The molecule has 0 saturated heterocycles. The number of rotatable bonds is 2. The molecular formula is C12H5Br4ClN2O. The van der Waals surface area contributed by atoms with Crippen LogP contribution < -0.4 is 5.32 Å². The number of pyridine rings is 1. The number of amides is 1. The van der Waals surface area contributed by atoms with Crippen LogP contribution in [0.2, 0.25) is 5.15 Å². The molecule has 104 valence electrons. The van der Waals surface area contributed by atoms with Gasteiger partial charge in [0.1, 0.15) is 5.15 Å². The van der Waals surface area contributed by atoms with E-state index in [4.69, 9.17) is 11.6 Å². The van der Waals surface area contributed by atoms with E-state index < -0.39 is 0 Å². The summed E-state index contributed by atoms with van der Waals surface area (Å²) in [6.45, 7) is 0. The van der Waals surface area contributed by atoms with E-state index >= 15 is 0 Å². The zero-order valence-corrected chi connectivity index (χ0v) is 16.7. The molecule has 0 radical (unpaired) electrons. The zero-order valence-electron chi connectivity index (χ0n) is 9.55. The fourth-order valence-electron chi connectivity index (χ4n) is 1.42. The molecule has 0 fully saturated rings. The predicted octanol–water partition coefficient (Wildman–Crippen LogP) is 6.04. The Morgan fingerprint density at radius 1 is 1.05 bits per heavy atom. The smallest absolute Gasteiger partial charge is 0.258 e. The summed E-state index contributed by atoms with van der Waals surface area (Å²) >= 11 is 19.4. The van der Waals surface area contributed by atoms with Gasteiger partial charge >= 0.3 is 0 Å². The van der Waals surface area contributed by atoms with Crippen LogP contribution in [0.4, 0.5) is 5.69 Å². The minimum Gasteiger partial charge on any atom is -0.320 e. The van der Waals surface area contributed by atoms with Crippen LogP contribution in [0.3, 0.4) is 0 Å². The van der Waals surface area contributed by atoms with Crippen molar-refractivity contribution >= 4 is 86.9 Å². The first-order chi connectivity index (χ1) is 9.38. The molecule has 8 heteroatoms. The monoisotopic (exact) mass is 544 g/mol. The fourth-order valence-corrected chi connectivity index (χ4v) is 4.40. The van der Waals surface area contributed by atoms with Crippen molar-refractivity contribution in [3.8, 4) is 0 Å². The molecule has 1 amide bonds. The van der Waals surface area contributed by atoms with Crippen molar-refractivity contribution in [3.63, 3.8) is 0 Å². The number of hydrogen-bond donors (Lipinski definition) is 1. The van der Waals surface area contributed by atoms with Gasteiger partial charge in [0.25, 0.3) is 5.91 Å². The average molecular weight is 548 g/mol. The maximum Gasteiger partial charge on any atom is 0.258 e. The number of anilines is 1. The van der Waals surface area contributed by atoms with Crippen LogP contribution in [0.15, 0.2) is 42.3 Å². The highest BCUT2D eigenvalue weighted by Gasteiger charge is 2.15. The molecule has 20 heavy (non-hydrogen) atoms. The van der Waals surface area contributed by atoms with Crippen molar-refractivity contribution in [2.45, 2.75) is 0 Å². The van der Waals surface area contributed by atoms with Gasteiger partial charge in [-0.05, 0) is 66.0 Å². The van der Waals surface area contributed by atoms with Crippen molar-refractivity contribution in [2.75, 3.05) is 5.32 Å².